The molecule has 0 saturated heterocycles. The molecule has 0 aliphatic carbocycles. The van der Waals surface area contributed by atoms with Crippen molar-refractivity contribution in [2.24, 2.45) is 0 Å². The van der Waals surface area contributed by atoms with Crippen LogP contribution in [0.4, 0.5) is 5.69 Å². The third-order valence-corrected chi connectivity index (χ3v) is 2.33. The van der Waals surface area contributed by atoms with E-state index in [0.29, 0.717) is 17.0 Å². The molecule has 0 atom stereocenters. The molecule has 0 radical (unpaired) electrons. The molecule has 0 saturated carbocycles. The van der Waals surface area contributed by atoms with E-state index in [1.54, 1.807) is 19.2 Å². The van der Waals surface area contributed by atoms with Crippen molar-refractivity contribution in [2.75, 3.05) is 19.5 Å². The van der Waals surface area contributed by atoms with E-state index in [2.05, 4.69) is 15.9 Å². The Labute approximate surface area is 100 Å². The summed E-state index contributed by atoms with van der Waals surface area (Å²) in [6.45, 7) is 3.23. The second-order valence-electron chi connectivity index (χ2n) is 3.55. The number of aryl methyl sites for hydroxylation is 1. The first-order valence-electron chi connectivity index (χ1n) is 5.03. The number of carbonyl (C=O) groups is 1. The number of nitrogens with one attached hydrogen (secondary N) is 1. The molecular formula is C12H15N2O3+. The SMILES string of the molecule is CO[O+](C)c1c(NC(C)=O)ccc(C)c1C#N. The van der Waals surface area contributed by atoms with E-state index in [1.807, 2.05) is 6.92 Å². The first kappa shape index (κ1) is 13.0. The largest absolute Gasteiger partial charge is 0.382 e. The highest BCUT2D eigenvalue weighted by molar-refractivity contribution is 5.91. The van der Waals surface area contributed by atoms with Gasteiger partial charge in [-0.1, -0.05) is 11.0 Å². The molecule has 1 aromatic rings. The number of nitrogens with zero attached hydrogens (tertiary/aromatic N) is 1. The van der Waals surface area contributed by atoms with Gasteiger partial charge >= 0.3 is 5.75 Å². The second kappa shape index (κ2) is 5.32. The van der Waals surface area contributed by atoms with Crippen molar-refractivity contribution in [3.8, 4) is 11.8 Å². The van der Waals surface area contributed by atoms with Crippen LogP contribution >= 0.6 is 0 Å². The fraction of sp³-hybridized carbons (Fsp3) is 0.333. The molecular weight excluding hydrogens is 220 g/mol. The Hall–Kier alpha value is -2.06. The maximum absolute atomic E-state index is 11.1. The molecule has 0 fully saturated rings. The number of hydrogen-bond donors (Lipinski definition) is 1. The molecule has 90 valence electrons. The van der Waals surface area contributed by atoms with Gasteiger partial charge in [-0.2, -0.15) is 5.26 Å². The van der Waals surface area contributed by atoms with Gasteiger partial charge in [0.05, 0.1) is 0 Å². The van der Waals surface area contributed by atoms with Gasteiger partial charge in [-0.05, 0) is 18.6 Å². The Balaban J connectivity index is 3.40. The lowest BCUT2D eigenvalue weighted by Crippen LogP contribution is -2.10. The van der Waals surface area contributed by atoms with Crippen molar-refractivity contribution in [2.45, 2.75) is 13.8 Å². The van der Waals surface area contributed by atoms with Crippen LogP contribution in [-0.4, -0.2) is 20.1 Å². The number of nitriles is 1. The summed E-state index contributed by atoms with van der Waals surface area (Å²) in [5, 5.41) is 11.8. The molecule has 5 heteroatoms. The lowest BCUT2D eigenvalue weighted by Gasteiger charge is -2.16. The van der Waals surface area contributed by atoms with Gasteiger partial charge in [0.1, 0.15) is 18.9 Å². The molecule has 0 spiro atoms. The average molecular weight is 235 g/mol. The summed E-state index contributed by atoms with van der Waals surface area (Å²) in [7, 11) is 3.06. The smallest absolute Gasteiger partial charge is 0.341 e. The third-order valence-electron chi connectivity index (χ3n) is 2.33. The number of hydrogen-bond acceptors (Lipinski definition) is 3. The molecule has 17 heavy (non-hydrogen) atoms. The van der Waals surface area contributed by atoms with Crippen molar-refractivity contribution in [1.29, 1.82) is 5.26 Å². The van der Waals surface area contributed by atoms with Crippen LogP contribution in [0.2, 0.25) is 0 Å². The van der Waals surface area contributed by atoms with Crippen LogP contribution in [0, 0.1) is 18.3 Å². The normalized spacial score (nSPS) is 9.59. The highest BCUT2D eigenvalue weighted by Crippen LogP contribution is 2.37. The first-order chi connectivity index (χ1) is 8.01. The Morgan fingerprint density at radius 1 is 1.53 bits per heavy atom. The van der Waals surface area contributed by atoms with Gasteiger partial charge in [0.15, 0.2) is 5.56 Å². The van der Waals surface area contributed by atoms with Gasteiger partial charge in [0.2, 0.25) is 13.0 Å². The summed E-state index contributed by atoms with van der Waals surface area (Å²) in [5.41, 5.74) is 1.78. The van der Waals surface area contributed by atoms with E-state index in [0.717, 1.165) is 5.56 Å². The fourth-order valence-electron chi connectivity index (χ4n) is 1.49. The van der Waals surface area contributed by atoms with Gasteiger partial charge in [-0.3, -0.25) is 4.79 Å². The fourth-order valence-corrected chi connectivity index (χ4v) is 1.49. The summed E-state index contributed by atoms with van der Waals surface area (Å²) in [4.78, 5) is 16.1. The zero-order valence-electron chi connectivity index (χ0n) is 10.3. The first-order valence-corrected chi connectivity index (χ1v) is 5.03. The third kappa shape index (κ3) is 2.74. The molecule has 1 aromatic carbocycles. The van der Waals surface area contributed by atoms with Gasteiger partial charge in [0.25, 0.3) is 0 Å². The molecule has 0 heterocycles. The summed E-state index contributed by atoms with van der Waals surface area (Å²) in [6.07, 6.45) is 0. The summed E-state index contributed by atoms with van der Waals surface area (Å²) >= 11 is 0. The Morgan fingerprint density at radius 2 is 2.18 bits per heavy atom. The van der Waals surface area contributed by atoms with Crippen LogP contribution in [0.3, 0.4) is 0 Å². The van der Waals surface area contributed by atoms with Crippen molar-refractivity contribution in [3.05, 3.63) is 23.3 Å². The van der Waals surface area contributed by atoms with E-state index in [9.17, 15) is 4.79 Å². The van der Waals surface area contributed by atoms with Gasteiger partial charge in [0, 0.05) is 6.92 Å². The molecule has 0 aliphatic heterocycles. The number of carbonyl (C=O) groups excluding carboxylic acids is 1. The maximum Gasteiger partial charge on any atom is 0.341 e. The number of rotatable bonds is 3. The Kier molecular flexibility index (Phi) is 4.07. The number of benzene rings is 1. The molecule has 1 amide bonds. The highest BCUT2D eigenvalue weighted by atomic mass is 17.3. The topological polar surface area (TPSA) is 64.8 Å². The molecule has 1 N–H and O–H groups in total. The van der Waals surface area contributed by atoms with E-state index < -0.39 is 0 Å². The van der Waals surface area contributed by atoms with Gasteiger partial charge in [-0.15, -0.1) is 0 Å². The van der Waals surface area contributed by atoms with Crippen LogP contribution in [0.1, 0.15) is 18.1 Å². The molecule has 0 bridgehead atoms. The average Bonchev–Trinajstić information content (AvgIpc) is 2.29. The maximum atomic E-state index is 11.1. The van der Waals surface area contributed by atoms with Crippen molar-refractivity contribution >= 4 is 11.6 Å². The number of amides is 1. The van der Waals surface area contributed by atoms with Crippen LogP contribution in [0.25, 0.3) is 0 Å². The molecule has 0 aliphatic rings. The van der Waals surface area contributed by atoms with Gasteiger partial charge in [-0.25, -0.2) is 0 Å². The molecule has 0 unspecified atom stereocenters. The van der Waals surface area contributed by atoms with E-state index in [1.165, 1.54) is 14.0 Å². The van der Waals surface area contributed by atoms with Crippen LogP contribution in [0.5, 0.6) is 5.75 Å². The number of anilines is 1. The summed E-state index contributed by atoms with van der Waals surface area (Å²) in [6, 6.07) is 5.61. The van der Waals surface area contributed by atoms with Crippen molar-refractivity contribution in [3.63, 3.8) is 0 Å². The Morgan fingerprint density at radius 3 is 2.65 bits per heavy atom. The Bertz CT molecular complexity index is 477. The molecule has 0 aromatic heterocycles. The lowest BCUT2D eigenvalue weighted by atomic mass is 10.1. The molecule has 1 rings (SSSR count). The quantitative estimate of drug-likeness (QED) is 0.496. The summed E-state index contributed by atoms with van der Waals surface area (Å²) in [5.74, 6) is 0.272. The predicted octanol–water partition coefficient (Wildman–Crippen LogP) is 2.28. The van der Waals surface area contributed by atoms with Crippen LogP contribution in [-0.2, 0) is 14.2 Å². The second-order valence-corrected chi connectivity index (χ2v) is 3.55. The monoisotopic (exact) mass is 235 g/mol. The van der Waals surface area contributed by atoms with Crippen molar-refractivity contribution < 1.29 is 14.2 Å². The zero-order chi connectivity index (χ0) is 13.0. The zero-order valence-corrected chi connectivity index (χ0v) is 10.3. The van der Waals surface area contributed by atoms with E-state index in [4.69, 9.17) is 10.1 Å². The van der Waals surface area contributed by atoms with E-state index in [-0.39, 0.29) is 5.91 Å². The minimum absolute atomic E-state index is 0.205. The minimum atomic E-state index is -0.205. The predicted molar refractivity (Wildman–Crippen MR) is 63.7 cm³/mol. The van der Waals surface area contributed by atoms with Gasteiger partial charge < -0.3 is 9.83 Å². The lowest BCUT2D eigenvalue weighted by molar-refractivity contribution is -0.372. The molecule has 5 nitrogen and oxygen atoms in total. The van der Waals surface area contributed by atoms with Crippen LogP contribution in [0.15, 0.2) is 12.1 Å². The van der Waals surface area contributed by atoms with E-state index >= 15 is 0 Å². The standard InChI is InChI=1S/C12H14N2O3/c1-8-5-6-11(14-9(2)15)12(10(8)7-13)17(4)16-3/h5-6H,1-4H3/p+1. The highest BCUT2D eigenvalue weighted by Gasteiger charge is 2.23. The minimum Gasteiger partial charge on any atom is -0.382 e. The summed E-state index contributed by atoms with van der Waals surface area (Å²) < 4.78 is 2.30. The van der Waals surface area contributed by atoms with Crippen LogP contribution < -0.4 is 5.32 Å². The van der Waals surface area contributed by atoms with Crippen molar-refractivity contribution in [1.82, 2.24) is 0 Å².